The van der Waals surface area contributed by atoms with E-state index in [4.69, 9.17) is 0 Å². The van der Waals surface area contributed by atoms with E-state index in [-0.39, 0.29) is 34.4 Å². The molecule has 1 aliphatic rings. The molecule has 4 rings (SSSR count). The SMILES string of the molecule is O=C(Cc1ccc(NS(=O)(=O)c2ccc(F)cc2)cc1)N1CCN(C(=O)c2ccccc2O)CC1. The van der Waals surface area contributed by atoms with Crippen molar-refractivity contribution < 1.29 is 27.5 Å². The van der Waals surface area contributed by atoms with Gasteiger partial charge in [-0.1, -0.05) is 24.3 Å². The van der Waals surface area contributed by atoms with E-state index in [9.17, 15) is 27.5 Å². The van der Waals surface area contributed by atoms with E-state index in [0.29, 0.717) is 37.4 Å². The van der Waals surface area contributed by atoms with E-state index < -0.39 is 15.8 Å². The van der Waals surface area contributed by atoms with E-state index in [1.165, 1.54) is 18.2 Å². The van der Waals surface area contributed by atoms with Gasteiger partial charge >= 0.3 is 0 Å². The number of phenolic OH excluding ortho intramolecular Hbond substituents is 1. The number of carbonyl (C=O) groups is 2. The van der Waals surface area contributed by atoms with Crippen LogP contribution in [0.15, 0.2) is 77.7 Å². The van der Waals surface area contributed by atoms with Gasteiger partial charge in [0.2, 0.25) is 5.91 Å². The Morgan fingerprint density at radius 2 is 1.46 bits per heavy atom. The van der Waals surface area contributed by atoms with Gasteiger partial charge in [0.1, 0.15) is 11.6 Å². The second-order valence-electron chi connectivity index (χ2n) is 8.12. The van der Waals surface area contributed by atoms with Crippen LogP contribution in [0.1, 0.15) is 15.9 Å². The molecule has 8 nitrogen and oxygen atoms in total. The highest BCUT2D eigenvalue weighted by Gasteiger charge is 2.26. The maximum Gasteiger partial charge on any atom is 0.261 e. The van der Waals surface area contributed by atoms with E-state index in [0.717, 1.165) is 12.1 Å². The number of amides is 2. The van der Waals surface area contributed by atoms with Crippen LogP contribution in [0.3, 0.4) is 0 Å². The Kier molecular flexibility index (Phi) is 7.02. The van der Waals surface area contributed by atoms with Gasteiger partial charge in [-0.25, -0.2) is 12.8 Å². The summed E-state index contributed by atoms with van der Waals surface area (Å²) in [7, 11) is -3.86. The zero-order valence-corrected chi connectivity index (χ0v) is 19.5. The lowest BCUT2D eigenvalue weighted by Gasteiger charge is -2.35. The first-order chi connectivity index (χ1) is 16.7. The maximum atomic E-state index is 13.1. The van der Waals surface area contributed by atoms with Crippen molar-refractivity contribution >= 4 is 27.5 Å². The summed E-state index contributed by atoms with van der Waals surface area (Å²) >= 11 is 0. The van der Waals surface area contributed by atoms with E-state index in [2.05, 4.69) is 4.72 Å². The largest absolute Gasteiger partial charge is 0.507 e. The molecule has 0 aliphatic carbocycles. The van der Waals surface area contributed by atoms with Gasteiger partial charge in [-0.05, 0) is 54.1 Å². The number of benzene rings is 3. The fraction of sp³-hybridized carbons (Fsp3) is 0.200. The molecule has 10 heteroatoms. The smallest absolute Gasteiger partial charge is 0.261 e. The minimum absolute atomic E-state index is 0.0572. The number of anilines is 1. The van der Waals surface area contributed by atoms with Gasteiger partial charge in [-0.2, -0.15) is 0 Å². The first kappa shape index (κ1) is 24.2. The van der Waals surface area contributed by atoms with Gasteiger partial charge in [-0.15, -0.1) is 0 Å². The highest BCUT2D eigenvalue weighted by Crippen LogP contribution is 2.20. The molecule has 1 fully saturated rings. The van der Waals surface area contributed by atoms with Gasteiger partial charge in [-0.3, -0.25) is 14.3 Å². The minimum Gasteiger partial charge on any atom is -0.507 e. The van der Waals surface area contributed by atoms with Gasteiger partial charge in [0.15, 0.2) is 0 Å². The summed E-state index contributed by atoms with van der Waals surface area (Å²) in [5, 5.41) is 9.90. The van der Waals surface area contributed by atoms with Crippen molar-refractivity contribution in [2.45, 2.75) is 11.3 Å². The third-order valence-corrected chi connectivity index (χ3v) is 7.14. The monoisotopic (exact) mass is 497 g/mol. The molecule has 1 heterocycles. The minimum atomic E-state index is -3.86. The summed E-state index contributed by atoms with van der Waals surface area (Å²) in [4.78, 5) is 28.6. The molecule has 0 saturated carbocycles. The number of aromatic hydroxyl groups is 1. The molecule has 0 atom stereocenters. The van der Waals surface area contributed by atoms with Crippen LogP contribution in [-0.4, -0.2) is 61.3 Å². The van der Waals surface area contributed by atoms with Crippen LogP contribution in [0.2, 0.25) is 0 Å². The fourth-order valence-corrected chi connectivity index (χ4v) is 4.85. The van der Waals surface area contributed by atoms with Gasteiger partial charge < -0.3 is 14.9 Å². The molecule has 0 spiro atoms. The predicted octanol–water partition coefficient (Wildman–Crippen LogP) is 2.86. The summed E-state index contributed by atoms with van der Waals surface area (Å²) in [5.74, 6) is -0.964. The van der Waals surface area contributed by atoms with E-state index in [1.807, 2.05) is 0 Å². The van der Waals surface area contributed by atoms with Crippen molar-refractivity contribution in [1.29, 1.82) is 0 Å². The van der Waals surface area contributed by atoms with Crippen molar-refractivity contribution in [3.63, 3.8) is 0 Å². The Morgan fingerprint density at radius 3 is 2.09 bits per heavy atom. The summed E-state index contributed by atoms with van der Waals surface area (Å²) < 4.78 is 40.3. The standard InChI is InChI=1S/C25H24FN3O5S/c26-19-7-11-21(12-8-19)35(33,34)27-20-9-5-18(6-10-20)17-24(31)28-13-15-29(16-14-28)25(32)22-3-1-2-4-23(22)30/h1-12,27,30H,13-17H2. The molecule has 0 aromatic heterocycles. The lowest BCUT2D eigenvalue weighted by Crippen LogP contribution is -2.51. The van der Waals surface area contributed by atoms with Gasteiger partial charge in [0, 0.05) is 31.9 Å². The van der Waals surface area contributed by atoms with Crippen LogP contribution in [0.5, 0.6) is 5.75 Å². The third kappa shape index (κ3) is 5.78. The highest BCUT2D eigenvalue weighted by molar-refractivity contribution is 7.92. The van der Waals surface area contributed by atoms with Crippen LogP contribution < -0.4 is 4.72 Å². The fourth-order valence-electron chi connectivity index (χ4n) is 3.79. The molecular formula is C25H24FN3O5S. The molecule has 1 aliphatic heterocycles. The number of nitrogens with one attached hydrogen (secondary N) is 1. The number of hydrogen-bond donors (Lipinski definition) is 2. The first-order valence-electron chi connectivity index (χ1n) is 11.0. The molecule has 3 aromatic carbocycles. The average Bonchev–Trinajstić information content (AvgIpc) is 2.85. The number of hydrogen-bond acceptors (Lipinski definition) is 5. The maximum absolute atomic E-state index is 13.1. The van der Waals surface area contributed by atoms with Crippen LogP contribution in [0, 0.1) is 5.82 Å². The van der Waals surface area contributed by atoms with Gasteiger partial charge in [0.25, 0.3) is 15.9 Å². The van der Waals surface area contributed by atoms with Crippen molar-refractivity contribution in [2.75, 3.05) is 30.9 Å². The molecular weight excluding hydrogens is 473 g/mol. The van der Waals surface area contributed by atoms with Crippen LogP contribution in [0.25, 0.3) is 0 Å². The second-order valence-corrected chi connectivity index (χ2v) is 9.81. The van der Waals surface area contributed by atoms with Crippen LogP contribution in [-0.2, 0) is 21.2 Å². The molecule has 1 saturated heterocycles. The quantitative estimate of drug-likeness (QED) is 0.545. The number of nitrogens with zero attached hydrogens (tertiary/aromatic N) is 2. The van der Waals surface area contributed by atoms with Crippen molar-refractivity contribution in [3.8, 4) is 5.75 Å². The number of sulfonamides is 1. The molecule has 0 unspecified atom stereocenters. The normalized spacial score (nSPS) is 14.0. The Labute approximate surface area is 202 Å². The highest BCUT2D eigenvalue weighted by atomic mass is 32.2. The van der Waals surface area contributed by atoms with Crippen molar-refractivity contribution in [2.24, 2.45) is 0 Å². The molecule has 182 valence electrons. The lowest BCUT2D eigenvalue weighted by atomic mass is 10.1. The molecule has 0 bridgehead atoms. The number of piperazine rings is 1. The molecule has 0 radical (unpaired) electrons. The summed E-state index contributed by atoms with van der Waals surface area (Å²) in [5.41, 5.74) is 1.27. The van der Waals surface area contributed by atoms with Crippen LogP contribution >= 0.6 is 0 Å². The van der Waals surface area contributed by atoms with E-state index in [1.54, 1.807) is 52.3 Å². The number of halogens is 1. The zero-order chi connectivity index (χ0) is 25.0. The lowest BCUT2D eigenvalue weighted by molar-refractivity contribution is -0.131. The molecule has 2 amide bonds. The Hall–Kier alpha value is -3.92. The summed E-state index contributed by atoms with van der Waals surface area (Å²) in [6.07, 6.45) is 0.137. The Balaban J connectivity index is 1.31. The van der Waals surface area contributed by atoms with Gasteiger partial charge in [0.05, 0.1) is 16.9 Å². The number of carbonyl (C=O) groups excluding carboxylic acids is 2. The number of rotatable bonds is 6. The molecule has 2 N–H and O–H groups in total. The second kappa shape index (κ2) is 10.1. The Bertz CT molecular complexity index is 1320. The third-order valence-electron chi connectivity index (χ3n) is 5.74. The van der Waals surface area contributed by atoms with Crippen molar-refractivity contribution in [1.82, 2.24) is 9.80 Å². The number of para-hydroxylation sites is 1. The summed E-state index contributed by atoms with van der Waals surface area (Å²) in [6.45, 7) is 1.49. The molecule has 35 heavy (non-hydrogen) atoms. The van der Waals surface area contributed by atoms with E-state index >= 15 is 0 Å². The predicted molar refractivity (Wildman–Crippen MR) is 128 cm³/mol. The van der Waals surface area contributed by atoms with Crippen molar-refractivity contribution in [3.05, 3.63) is 89.7 Å². The first-order valence-corrected chi connectivity index (χ1v) is 12.4. The number of phenols is 1. The molecule has 3 aromatic rings. The topological polar surface area (TPSA) is 107 Å². The van der Waals surface area contributed by atoms with Crippen LogP contribution in [0.4, 0.5) is 10.1 Å². The average molecular weight is 498 g/mol. The zero-order valence-electron chi connectivity index (χ0n) is 18.7. The summed E-state index contributed by atoms with van der Waals surface area (Å²) in [6, 6.07) is 17.3. The Morgan fingerprint density at radius 1 is 0.857 bits per heavy atom.